The van der Waals surface area contributed by atoms with Gasteiger partial charge in [-0.15, -0.1) is 0 Å². The molecule has 0 spiro atoms. The van der Waals surface area contributed by atoms with Gasteiger partial charge in [-0.1, -0.05) is 43.3 Å². The Kier molecular flexibility index (Phi) is 7.10. The first-order chi connectivity index (χ1) is 15.5. The zero-order valence-corrected chi connectivity index (χ0v) is 19.6. The van der Waals surface area contributed by atoms with E-state index in [2.05, 4.69) is 59.0 Å². The summed E-state index contributed by atoms with van der Waals surface area (Å²) in [6.07, 6.45) is 2.60. The van der Waals surface area contributed by atoms with E-state index in [1.165, 1.54) is 31.5 Å². The van der Waals surface area contributed by atoms with Crippen LogP contribution in [0.3, 0.4) is 0 Å². The Hall–Kier alpha value is -2.86. The Balaban J connectivity index is 1.29. The maximum atomic E-state index is 12.7. The van der Waals surface area contributed by atoms with Crippen LogP contribution in [-0.2, 0) is 26.2 Å². The van der Waals surface area contributed by atoms with E-state index in [0.717, 1.165) is 41.4 Å². The molecular formula is C26H35N5O. The van der Waals surface area contributed by atoms with Crippen molar-refractivity contribution >= 4 is 17.1 Å². The first kappa shape index (κ1) is 22.3. The minimum Gasteiger partial charge on any atom is -0.334 e. The molecule has 32 heavy (non-hydrogen) atoms. The zero-order chi connectivity index (χ0) is 22.5. The van der Waals surface area contributed by atoms with Crippen molar-refractivity contribution in [2.75, 3.05) is 20.1 Å². The maximum Gasteiger partial charge on any atom is 0.317 e. The largest absolute Gasteiger partial charge is 0.334 e. The van der Waals surface area contributed by atoms with E-state index < -0.39 is 0 Å². The Morgan fingerprint density at radius 2 is 1.78 bits per heavy atom. The molecule has 0 radical (unpaired) electrons. The first-order valence-electron chi connectivity index (χ1n) is 11.8. The molecular weight excluding hydrogens is 398 g/mol. The smallest absolute Gasteiger partial charge is 0.317 e. The summed E-state index contributed by atoms with van der Waals surface area (Å²) in [4.78, 5) is 21.6. The van der Waals surface area contributed by atoms with Crippen molar-refractivity contribution in [3.05, 3.63) is 65.5 Å². The van der Waals surface area contributed by atoms with Crippen LogP contribution in [0.5, 0.6) is 0 Å². The number of aromatic nitrogens is 2. The van der Waals surface area contributed by atoms with Crippen molar-refractivity contribution in [2.24, 2.45) is 5.92 Å². The molecule has 6 nitrogen and oxygen atoms in total. The second-order valence-corrected chi connectivity index (χ2v) is 9.05. The lowest BCUT2D eigenvalue weighted by Crippen LogP contribution is -2.37. The number of fused-ring (bicyclic) bond motifs is 1. The fraction of sp³-hybridized carbons (Fsp3) is 0.462. The molecule has 2 aromatic carbocycles. The summed E-state index contributed by atoms with van der Waals surface area (Å²) >= 11 is 0. The van der Waals surface area contributed by atoms with Gasteiger partial charge in [-0.3, -0.25) is 4.90 Å². The second-order valence-electron chi connectivity index (χ2n) is 9.05. The number of urea groups is 1. The van der Waals surface area contributed by atoms with Crippen LogP contribution in [0, 0.1) is 5.92 Å². The Morgan fingerprint density at radius 3 is 2.50 bits per heavy atom. The number of rotatable bonds is 7. The predicted molar refractivity (Wildman–Crippen MR) is 129 cm³/mol. The lowest BCUT2D eigenvalue weighted by atomic mass is 9.99. The van der Waals surface area contributed by atoms with E-state index >= 15 is 0 Å². The average molecular weight is 434 g/mol. The fourth-order valence-corrected chi connectivity index (χ4v) is 4.44. The van der Waals surface area contributed by atoms with Gasteiger partial charge in [0.2, 0.25) is 0 Å². The van der Waals surface area contributed by atoms with Crippen molar-refractivity contribution in [2.45, 2.75) is 52.9 Å². The highest BCUT2D eigenvalue weighted by Crippen LogP contribution is 2.19. The monoisotopic (exact) mass is 433 g/mol. The third-order valence-corrected chi connectivity index (χ3v) is 6.52. The summed E-state index contributed by atoms with van der Waals surface area (Å²) in [6, 6.07) is 16.6. The first-order valence-corrected chi connectivity index (χ1v) is 11.8. The normalized spacial score (nSPS) is 15.2. The molecule has 1 aliphatic rings. The highest BCUT2D eigenvalue weighted by molar-refractivity contribution is 5.76. The van der Waals surface area contributed by atoms with E-state index in [0.29, 0.717) is 13.1 Å². The number of hydrogen-bond donors (Lipinski definition) is 1. The number of likely N-dealkylation sites (tertiary alicyclic amines) is 1. The predicted octanol–water partition coefficient (Wildman–Crippen LogP) is 4.63. The van der Waals surface area contributed by atoms with Crippen LogP contribution in [0.15, 0.2) is 48.5 Å². The van der Waals surface area contributed by atoms with Crippen molar-refractivity contribution in [1.82, 2.24) is 24.7 Å². The summed E-state index contributed by atoms with van der Waals surface area (Å²) in [5.74, 6) is 1.76. The van der Waals surface area contributed by atoms with Crippen LogP contribution >= 0.6 is 0 Å². The second kappa shape index (κ2) is 10.2. The van der Waals surface area contributed by atoms with E-state index in [-0.39, 0.29) is 6.03 Å². The molecule has 6 heteroatoms. The number of amides is 2. The summed E-state index contributed by atoms with van der Waals surface area (Å²) < 4.78 is 2.17. The molecule has 0 atom stereocenters. The number of carbonyl (C=O) groups is 1. The number of piperidine rings is 1. The molecule has 1 N–H and O–H groups in total. The standard InChI is InChI=1S/C26H35N5O/c1-4-31-24-8-6-5-7-23(24)28-25(31)19-29(3)26(32)27-17-21-9-11-22(12-10-21)18-30-15-13-20(2)14-16-30/h5-12,20H,4,13-19H2,1-3H3,(H,27,32). The van der Waals surface area contributed by atoms with Gasteiger partial charge in [0.1, 0.15) is 5.82 Å². The number of imidazole rings is 1. The quantitative estimate of drug-likeness (QED) is 0.591. The summed E-state index contributed by atoms with van der Waals surface area (Å²) in [5.41, 5.74) is 4.53. The zero-order valence-electron chi connectivity index (χ0n) is 19.6. The van der Waals surface area contributed by atoms with Gasteiger partial charge < -0.3 is 14.8 Å². The SMILES string of the molecule is CCn1c(CN(C)C(=O)NCc2ccc(CN3CCC(C)CC3)cc2)nc2ccccc21. The van der Waals surface area contributed by atoms with E-state index in [1.807, 2.05) is 25.2 Å². The topological polar surface area (TPSA) is 53.4 Å². The molecule has 170 valence electrons. The van der Waals surface area contributed by atoms with Gasteiger partial charge in [0.05, 0.1) is 17.6 Å². The van der Waals surface area contributed by atoms with Crippen molar-refractivity contribution in [3.8, 4) is 0 Å². The molecule has 1 saturated heterocycles. The molecule has 1 fully saturated rings. The number of carbonyl (C=O) groups excluding carboxylic acids is 1. The molecule has 4 rings (SSSR count). The number of para-hydroxylation sites is 2. The van der Waals surface area contributed by atoms with Gasteiger partial charge in [-0.05, 0) is 62.0 Å². The van der Waals surface area contributed by atoms with Crippen LogP contribution in [-0.4, -0.2) is 45.5 Å². The minimum atomic E-state index is -0.0915. The minimum absolute atomic E-state index is 0.0915. The van der Waals surface area contributed by atoms with Gasteiger partial charge >= 0.3 is 6.03 Å². The van der Waals surface area contributed by atoms with Gasteiger partial charge in [-0.25, -0.2) is 9.78 Å². The third kappa shape index (κ3) is 5.30. The Bertz CT molecular complexity index is 1030. The van der Waals surface area contributed by atoms with E-state index in [4.69, 9.17) is 4.98 Å². The van der Waals surface area contributed by atoms with Crippen LogP contribution in [0.2, 0.25) is 0 Å². The van der Waals surface area contributed by atoms with Gasteiger partial charge in [-0.2, -0.15) is 0 Å². The van der Waals surface area contributed by atoms with Crippen molar-refractivity contribution in [1.29, 1.82) is 0 Å². The number of aryl methyl sites for hydroxylation is 1. The number of hydrogen-bond acceptors (Lipinski definition) is 3. The highest BCUT2D eigenvalue weighted by Gasteiger charge is 2.16. The van der Waals surface area contributed by atoms with Gasteiger partial charge in [0.15, 0.2) is 0 Å². The summed E-state index contributed by atoms with van der Waals surface area (Å²) in [5, 5.41) is 3.04. The van der Waals surface area contributed by atoms with E-state index in [9.17, 15) is 4.79 Å². The van der Waals surface area contributed by atoms with Gasteiger partial charge in [0, 0.05) is 26.7 Å². The molecule has 0 bridgehead atoms. The molecule has 0 saturated carbocycles. The van der Waals surface area contributed by atoms with Crippen molar-refractivity contribution < 1.29 is 4.79 Å². The summed E-state index contributed by atoms with van der Waals surface area (Å²) in [6.45, 7) is 9.67. The molecule has 1 aliphatic heterocycles. The lowest BCUT2D eigenvalue weighted by Gasteiger charge is -2.30. The highest BCUT2D eigenvalue weighted by atomic mass is 16.2. The summed E-state index contributed by atoms with van der Waals surface area (Å²) in [7, 11) is 1.82. The van der Waals surface area contributed by atoms with Crippen LogP contribution in [0.4, 0.5) is 4.79 Å². The molecule has 2 heterocycles. The van der Waals surface area contributed by atoms with E-state index in [1.54, 1.807) is 4.90 Å². The van der Waals surface area contributed by atoms with Crippen LogP contribution < -0.4 is 5.32 Å². The van der Waals surface area contributed by atoms with Crippen molar-refractivity contribution in [3.63, 3.8) is 0 Å². The van der Waals surface area contributed by atoms with Crippen LogP contribution in [0.1, 0.15) is 43.6 Å². The number of nitrogens with zero attached hydrogens (tertiary/aromatic N) is 4. The van der Waals surface area contributed by atoms with Crippen LogP contribution in [0.25, 0.3) is 11.0 Å². The molecule has 0 unspecified atom stereocenters. The molecule has 2 amide bonds. The third-order valence-electron chi connectivity index (χ3n) is 6.52. The Morgan fingerprint density at radius 1 is 1.09 bits per heavy atom. The molecule has 0 aliphatic carbocycles. The molecule has 1 aromatic heterocycles. The Labute approximate surface area is 191 Å². The number of benzene rings is 2. The number of nitrogens with one attached hydrogen (secondary N) is 1. The fourth-order valence-electron chi connectivity index (χ4n) is 4.44. The maximum absolute atomic E-state index is 12.7. The average Bonchev–Trinajstić information content (AvgIpc) is 3.16. The lowest BCUT2D eigenvalue weighted by molar-refractivity contribution is 0.185. The molecule has 3 aromatic rings. The van der Waals surface area contributed by atoms with Gasteiger partial charge in [0.25, 0.3) is 0 Å².